The molecule has 0 N–H and O–H groups in total. The highest BCUT2D eigenvalue weighted by Crippen LogP contribution is 2.68. The number of rotatable bonds is 6. The van der Waals surface area contributed by atoms with E-state index in [0.717, 1.165) is 60.0 Å². The Labute approximate surface area is 197 Å². The predicted octanol–water partition coefficient (Wildman–Crippen LogP) is 8.03. The molecule has 4 rings (SSSR count). The molecule has 0 bridgehead atoms. The number of oxime groups is 1. The lowest BCUT2D eigenvalue weighted by molar-refractivity contribution is -0.141. The molecular weight excluding hydrogens is 394 g/mol. The van der Waals surface area contributed by atoms with Crippen LogP contribution >= 0.6 is 0 Å². The number of nitrogens with zero attached hydrogens (tertiary/aromatic N) is 1. The van der Waals surface area contributed by atoms with Crippen molar-refractivity contribution in [3.8, 4) is 0 Å². The van der Waals surface area contributed by atoms with Crippen LogP contribution in [-0.2, 0) is 9.63 Å². The lowest BCUT2D eigenvalue weighted by Crippen LogP contribution is -2.53. The molecule has 0 radical (unpaired) electrons. The molecular formula is C29H49NO2. The first-order valence-electron chi connectivity index (χ1n) is 13.9. The van der Waals surface area contributed by atoms with E-state index in [-0.39, 0.29) is 5.97 Å². The van der Waals surface area contributed by atoms with Gasteiger partial charge in [-0.25, -0.2) is 4.79 Å². The van der Waals surface area contributed by atoms with Crippen molar-refractivity contribution in [3.05, 3.63) is 0 Å². The average molecular weight is 444 g/mol. The van der Waals surface area contributed by atoms with Crippen LogP contribution in [0.3, 0.4) is 0 Å². The quantitative estimate of drug-likeness (QED) is 0.308. The number of carbonyl (C=O) groups excluding carboxylic acids is 1. The summed E-state index contributed by atoms with van der Waals surface area (Å²) >= 11 is 0. The molecule has 4 saturated carbocycles. The second-order valence-corrected chi connectivity index (χ2v) is 13.1. The molecule has 0 aromatic heterocycles. The summed E-state index contributed by atoms with van der Waals surface area (Å²) in [4.78, 5) is 16.2. The van der Waals surface area contributed by atoms with E-state index in [1.807, 2.05) is 0 Å². The minimum atomic E-state index is -0.296. The summed E-state index contributed by atoms with van der Waals surface area (Å²) in [7, 11) is 0. The molecule has 0 aromatic rings. The van der Waals surface area contributed by atoms with Gasteiger partial charge in [-0.05, 0) is 110 Å². The van der Waals surface area contributed by atoms with Crippen molar-refractivity contribution < 1.29 is 9.63 Å². The Kier molecular flexibility index (Phi) is 7.14. The van der Waals surface area contributed by atoms with Crippen molar-refractivity contribution in [2.24, 2.45) is 57.4 Å². The Balaban J connectivity index is 1.43. The Morgan fingerprint density at radius 3 is 2.47 bits per heavy atom. The van der Waals surface area contributed by atoms with Gasteiger partial charge in [0.25, 0.3) is 0 Å². The van der Waals surface area contributed by atoms with Gasteiger partial charge in [-0.3, -0.25) is 0 Å². The van der Waals surface area contributed by atoms with Crippen molar-refractivity contribution in [2.45, 2.75) is 119 Å². The van der Waals surface area contributed by atoms with Crippen LogP contribution in [0.5, 0.6) is 0 Å². The SMILES string of the molecule is CC(=O)O/N=C1/CC[C@@]2(C)C(CC[C@H]3[C@@H]4CC[C@H]([C@H](C)CCCC(C)C)[C@@]4(C)CC[C@@H]32)C1. The zero-order valence-electron chi connectivity index (χ0n) is 21.8. The van der Waals surface area contributed by atoms with E-state index in [4.69, 9.17) is 4.84 Å². The van der Waals surface area contributed by atoms with Gasteiger partial charge in [0.1, 0.15) is 0 Å². The number of hydrogen-bond acceptors (Lipinski definition) is 3. The highest BCUT2D eigenvalue weighted by molar-refractivity contribution is 5.85. The first-order valence-corrected chi connectivity index (χ1v) is 13.9. The highest BCUT2D eigenvalue weighted by Gasteiger charge is 2.60. The summed E-state index contributed by atoms with van der Waals surface area (Å²) in [5.41, 5.74) is 2.16. The highest BCUT2D eigenvalue weighted by atomic mass is 16.7. The molecule has 4 fully saturated rings. The third-order valence-corrected chi connectivity index (χ3v) is 11.0. The Morgan fingerprint density at radius 1 is 1.00 bits per heavy atom. The standard InChI is InChI=1S/C29H49NO2/c1-19(2)8-7-9-20(3)25-12-13-26-24-11-10-22-18-23(30-32-21(4)31)14-16-28(22,5)27(24)15-17-29(25,26)6/h19-20,22,24-27H,7-18H2,1-6H3/b30-23-/t20-,22?,24+,25-,26+,27+,28+,29-/m1/s1. The molecule has 1 unspecified atom stereocenters. The molecule has 0 heterocycles. The first kappa shape index (κ1) is 24.3. The van der Waals surface area contributed by atoms with Crippen molar-refractivity contribution in [2.75, 3.05) is 0 Å². The van der Waals surface area contributed by atoms with E-state index in [9.17, 15) is 4.79 Å². The smallest absolute Gasteiger partial charge is 0.319 e. The summed E-state index contributed by atoms with van der Waals surface area (Å²) in [5.74, 6) is 5.89. The maximum absolute atomic E-state index is 11.2. The third kappa shape index (κ3) is 4.43. The second-order valence-electron chi connectivity index (χ2n) is 13.1. The number of hydrogen-bond donors (Lipinski definition) is 0. The Bertz CT molecular complexity index is 714. The summed E-state index contributed by atoms with van der Waals surface area (Å²) in [6.45, 7) is 14.1. The lowest BCUT2D eigenvalue weighted by Gasteiger charge is -2.60. The van der Waals surface area contributed by atoms with Gasteiger partial charge in [0, 0.05) is 6.92 Å². The van der Waals surface area contributed by atoms with E-state index in [0.29, 0.717) is 10.8 Å². The summed E-state index contributed by atoms with van der Waals surface area (Å²) < 4.78 is 0. The molecule has 8 atom stereocenters. The van der Waals surface area contributed by atoms with Crippen LogP contribution in [0.4, 0.5) is 0 Å². The van der Waals surface area contributed by atoms with Gasteiger partial charge < -0.3 is 4.84 Å². The predicted molar refractivity (Wildman–Crippen MR) is 132 cm³/mol. The molecule has 32 heavy (non-hydrogen) atoms. The van der Waals surface area contributed by atoms with Crippen LogP contribution < -0.4 is 0 Å². The lowest BCUT2D eigenvalue weighted by atomic mass is 9.44. The van der Waals surface area contributed by atoms with Crippen LogP contribution in [-0.4, -0.2) is 11.7 Å². The fourth-order valence-electron chi connectivity index (χ4n) is 9.30. The van der Waals surface area contributed by atoms with Gasteiger partial charge in [-0.1, -0.05) is 59.0 Å². The first-order chi connectivity index (χ1) is 15.1. The van der Waals surface area contributed by atoms with E-state index < -0.39 is 0 Å². The molecule has 0 aromatic carbocycles. The molecule has 4 aliphatic carbocycles. The van der Waals surface area contributed by atoms with Gasteiger partial charge in [0.2, 0.25) is 0 Å². The fraction of sp³-hybridized carbons (Fsp3) is 0.931. The van der Waals surface area contributed by atoms with E-state index >= 15 is 0 Å². The van der Waals surface area contributed by atoms with Crippen LogP contribution in [0.2, 0.25) is 0 Å². The van der Waals surface area contributed by atoms with Gasteiger partial charge in [0.15, 0.2) is 0 Å². The average Bonchev–Trinajstić information content (AvgIpc) is 3.09. The molecule has 0 spiro atoms. The van der Waals surface area contributed by atoms with E-state index in [1.165, 1.54) is 71.1 Å². The Morgan fingerprint density at radius 2 is 1.75 bits per heavy atom. The molecule has 0 saturated heterocycles. The summed E-state index contributed by atoms with van der Waals surface area (Å²) in [6, 6.07) is 0. The van der Waals surface area contributed by atoms with Crippen LogP contribution in [0.25, 0.3) is 0 Å². The largest absolute Gasteiger partial charge is 0.331 e. The van der Waals surface area contributed by atoms with Crippen molar-refractivity contribution in [3.63, 3.8) is 0 Å². The van der Waals surface area contributed by atoms with E-state index in [2.05, 4.69) is 39.8 Å². The van der Waals surface area contributed by atoms with E-state index in [1.54, 1.807) is 0 Å². The molecule has 0 aliphatic heterocycles. The molecule has 0 amide bonds. The molecule has 182 valence electrons. The minimum absolute atomic E-state index is 0.296. The van der Waals surface area contributed by atoms with Gasteiger partial charge in [0.05, 0.1) is 5.71 Å². The monoisotopic (exact) mass is 443 g/mol. The molecule has 3 heteroatoms. The fourth-order valence-corrected chi connectivity index (χ4v) is 9.30. The van der Waals surface area contributed by atoms with Gasteiger partial charge >= 0.3 is 5.97 Å². The van der Waals surface area contributed by atoms with Gasteiger partial charge in [-0.2, -0.15) is 0 Å². The summed E-state index contributed by atoms with van der Waals surface area (Å²) in [6.07, 6.45) is 16.2. The topological polar surface area (TPSA) is 38.7 Å². The number of fused-ring (bicyclic) bond motifs is 5. The maximum Gasteiger partial charge on any atom is 0.331 e. The zero-order valence-corrected chi connectivity index (χ0v) is 21.8. The number of carbonyl (C=O) groups is 1. The van der Waals surface area contributed by atoms with Crippen molar-refractivity contribution in [1.82, 2.24) is 0 Å². The third-order valence-electron chi connectivity index (χ3n) is 11.0. The van der Waals surface area contributed by atoms with Crippen molar-refractivity contribution in [1.29, 1.82) is 0 Å². The zero-order chi connectivity index (χ0) is 23.1. The minimum Gasteiger partial charge on any atom is -0.319 e. The van der Waals surface area contributed by atoms with Crippen LogP contribution in [0, 0.1) is 52.3 Å². The maximum atomic E-state index is 11.2. The molecule has 4 aliphatic rings. The second kappa shape index (κ2) is 9.41. The van der Waals surface area contributed by atoms with Crippen molar-refractivity contribution >= 4 is 11.7 Å². The van der Waals surface area contributed by atoms with Gasteiger partial charge in [-0.15, -0.1) is 0 Å². The molecule has 3 nitrogen and oxygen atoms in total. The van der Waals surface area contributed by atoms with Crippen LogP contribution in [0.1, 0.15) is 119 Å². The summed E-state index contributed by atoms with van der Waals surface area (Å²) in [5, 5.41) is 4.20. The van der Waals surface area contributed by atoms with Crippen LogP contribution in [0.15, 0.2) is 5.16 Å². The Hall–Kier alpha value is -0.860. The normalized spacial score (nSPS) is 43.5.